The average Bonchev–Trinajstić information content (AvgIpc) is 3.00. The number of aryl methyl sites for hydroxylation is 1. The van der Waals surface area contributed by atoms with E-state index in [1.165, 1.54) is 0 Å². The highest BCUT2D eigenvalue weighted by molar-refractivity contribution is 7.09. The summed E-state index contributed by atoms with van der Waals surface area (Å²) in [7, 11) is 0. The zero-order valence-corrected chi connectivity index (χ0v) is 13.8. The Morgan fingerprint density at radius 1 is 1.35 bits per heavy atom. The number of carbonyl (C=O) groups excluding carboxylic acids is 1. The first-order valence-electron chi connectivity index (χ1n) is 7.63. The molecule has 0 bridgehead atoms. The molecule has 0 atom stereocenters. The van der Waals surface area contributed by atoms with Crippen molar-refractivity contribution >= 4 is 29.3 Å². The van der Waals surface area contributed by atoms with Gasteiger partial charge >= 0.3 is 0 Å². The number of hydrogen-bond acceptors (Lipinski definition) is 6. The lowest BCUT2D eigenvalue weighted by Gasteiger charge is -2.32. The molecular formula is C16H19N5OS. The van der Waals surface area contributed by atoms with Gasteiger partial charge in [-0.15, -0.1) is 11.3 Å². The van der Waals surface area contributed by atoms with Crippen molar-refractivity contribution in [1.82, 2.24) is 20.3 Å². The molecule has 3 rings (SSSR count). The van der Waals surface area contributed by atoms with Crippen LogP contribution in [0.4, 0.5) is 5.95 Å². The second-order valence-electron chi connectivity index (χ2n) is 5.44. The molecule has 1 N–H and O–H groups in total. The molecule has 23 heavy (non-hydrogen) atoms. The maximum atomic E-state index is 12.0. The minimum Gasteiger partial charge on any atom is -0.350 e. The van der Waals surface area contributed by atoms with Crippen LogP contribution in [0.15, 0.2) is 29.9 Å². The van der Waals surface area contributed by atoms with Crippen LogP contribution in [0.1, 0.15) is 23.5 Å². The van der Waals surface area contributed by atoms with Crippen molar-refractivity contribution in [2.75, 3.05) is 18.0 Å². The number of amides is 1. The molecule has 7 heteroatoms. The number of nitrogens with zero attached hydrogens (tertiary/aromatic N) is 4. The lowest BCUT2D eigenvalue weighted by atomic mass is 10.1. The zero-order valence-electron chi connectivity index (χ0n) is 13.0. The van der Waals surface area contributed by atoms with E-state index in [0.717, 1.165) is 42.6 Å². The third-order valence-corrected chi connectivity index (χ3v) is 4.51. The number of thiazole rings is 1. The Labute approximate surface area is 139 Å². The van der Waals surface area contributed by atoms with E-state index < -0.39 is 0 Å². The minimum absolute atomic E-state index is 0.0648. The largest absolute Gasteiger partial charge is 0.350 e. The van der Waals surface area contributed by atoms with Gasteiger partial charge in [0, 0.05) is 43.0 Å². The highest BCUT2D eigenvalue weighted by Gasteiger charge is 2.21. The van der Waals surface area contributed by atoms with Gasteiger partial charge in [-0.3, -0.25) is 4.79 Å². The summed E-state index contributed by atoms with van der Waals surface area (Å²) in [6.45, 7) is 3.65. The summed E-state index contributed by atoms with van der Waals surface area (Å²) in [6.07, 6.45) is 8.61. The normalized spacial score (nSPS) is 16.0. The molecule has 120 valence electrons. The first-order chi connectivity index (χ1) is 11.2. The van der Waals surface area contributed by atoms with Crippen LogP contribution in [0, 0.1) is 6.92 Å². The molecule has 0 saturated carbocycles. The van der Waals surface area contributed by atoms with Crippen LogP contribution in [0.25, 0.3) is 6.08 Å². The van der Waals surface area contributed by atoms with Gasteiger partial charge in [0.1, 0.15) is 0 Å². The van der Waals surface area contributed by atoms with Crippen LogP contribution in [-0.2, 0) is 4.79 Å². The fourth-order valence-electron chi connectivity index (χ4n) is 2.55. The topological polar surface area (TPSA) is 71.0 Å². The molecule has 1 aliphatic heterocycles. The van der Waals surface area contributed by atoms with Crippen LogP contribution in [0.5, 0.6) is 0 Å². The van der Waals surface area contributed by atoms with Crippen LogP contribution < -0.4 is 10.2 Å². The fraction of sp³-hybridized carbons (Fsp3) is 0.375. The SMILES string of the molecule is Cc1nc(/C=C/C(=O)NC2CCN(c3ncccn3)CC2)cs1. The molecule has 0 unspecified atom stereocenters. The average molecular weight is 329 g/mol. The maximum absolute atomic E-state index is 12.0. The first-order valence-corrected chi connectivity index (χ1v) is 8.51. The molecule has 2 aromatic rings. The molecule has 1 saturated heterocycles. The highest BCUT2D eigenvalue weighted by atomic mass is 32.1. The fourth-order valence-corrected chi connectivity index (χ4v) is 3.13. The summed E-state index contributed by atoms with van der Waals surface area (Å²) in [4.78, 5) is 27.0. The van der Waals surface area contributed by atoms with Gasteiger partial charge in [0.25, 0.3) is 0 Å². The second kappa shape index (κ2) is 7.32. The van der Waals surface area contributed by atoms with Gasteiger partial charge in [-0.1, -0.05) is 0 Å². The molecule has 1 fully saturated rings. The maximum Gasteiger partial charge on any atom is 0.244 e. The molecule has 2 aromatic heterocycles. The molecule has 6 nitrogen and oxygen atoms in total. The monoisotopic (exact) mass is 329 g/mol. The summed E-state index contributed by atoms with van der Waals surface area (Å²) >= 11 is 1.58. The Kier molecular flexibility index (Phi) is 4.97. The summed E-state index contributed by atoms with van der Waals surface area (Å²) in [5, 5.41) is 5.99. The standard InChI is InChI=1S/C16H19N5OS/c1-12-19-14(11-23-12)3-4-15(22)20-13-5-9-21(10-6-13)16-17-7-2-8-18-16/h2-4,7-8,11,13H,5-6,9-10H2,1H3,(H,20,22)/b4-3+. The van der Waals surface area contributed by atoms with E-state index in [-0.39, 0.29) is 11.9 Å². The predicted molar refractivity (Wildman–Crippen MR) is 91.3 cm³/mol. The number of piperidine rings is 1. The molecule has 0 spiro atoms. The van der Waals surface area contributed by atoms with E-state index in [1.54, 1.807) is 35.9 Å². The third-order valence-electron chi connectivity index (χ3n) is 3.72. The number of aromatic nitrogens is 3. The lowest BCUT2D eigenvalue weighted by molar-refractivity contribution is -0.117. The number of anilines is 1. The second-order valence-corrected chi connectivity index (χ2v) is 6.51. The number of nitrogens with one attached hydrogen (secondary N) is 1. The van der Waals surface area contributed by atoms with Crippen molar-refractivity contribution in [2.24, 2.45) is 0 Å². The van der Waals surface area contributed by atoms with Crippen molar-refractivity contribution in [2.45, 2.75) is 25.8 Å². The van der Waals surface area contributed by atoms with Crippen molar-refractivity contribution in [3.05, 3.63) is 40.6 Å². The summed E-state index contributed by atoms with van der Waals surface area (Å²) in [5.74, 6) is 0.695. The smallest absolute Gasteiger partial charge is 0.244 e. The Balaban J connectivity index is 1.47. The van der Waals surface area contributed by atoms with Gasteiger partial charge in [-0.05, 0) is 31.9 Å². The van der Waals surface area contributed by atoms with Gasteiger partial charge in [0.2, 0.25) is 11.9 Å². The van der Waals surface area contributed by atoms with Gasteiger partial charge in [-0.25, -0.2) is 15.0 Å². The Morgan fingerprint density at radius 3 is 2.74 bits per heavy atom. The summed E-state index contributed by atoms with van der Waals surface area (Å²) in [5.41, 5.74) is 0.832. The van der Waals surface area contributed by atoms with E-state index in [9.17, 15) is 4.79 Å². The molecule has 0 radical (unpaired) electrons. The highest BCUT2D eigenvalue weighted by Crippen LogP contribution is 2.15. The van der Waals surface area contributed by atoms with Gasteiger partial charge in [0.05, 0.1) is 10.7 Å². The quantitative estimate of drug-likeness (QED) is 0.869. The van der Waals surface area contributed by atoms with E-state index >= 15 is 0 Å². The number of carbonyl (C=O) groups is 1. The van der Waals surface area contributed by atoms with Crippen molar-refractivity contribution in [3.8, 4) is 0 Å². The van der Waals surface area contributed by atoms with E-state index in [2.05, 4.69) is 25.2 Å². The van der Waals surface area contributed by atoms with Crippen LogP contribution >= 0.6 is 11.3 Å². The number of rotatable bonds is 4. The molecule has 3 heterocycles. The first kappa shape index (κ1) is 15.6. The minimum atomic E-state index is -0.0648. The zero-order chi connectivity index (χ0) is 16.1. The Morgan fingerprint density at radius 2 is 2.09 bits per heavy atom. The van der Waals surface area contributed by atoms with Gasteiger partial charge < -0.3 is 10.2 Å². The molecule has 1 amide bonds. The van der Waals surface area contributed by atoms with E-state index in [4.69, 9.17) is 0 Å². The van der Waals surface area contributed by atoms with Crippen LogP contribution in [0.3, 0.4) is 0 Å². The Bertz CT molecular complexity index is 677. The summed E-state index contributed by atoms with van der Waals surface area (Å²) < 4.78 is 0. The summed E-state index contributed by atoms with van der Waals surface area (Å²) in [6, 6.07) is 2.01. The van der Waals surface area contributed by atoms with Gasteiger partial charge in [-0.2, -0.15) is 0 Å². The van der Waals surface area contributed by atoms with Crippen LogP contribution in [-0.4, -0.2) is 40.0 Å². The molecular weight excluding hydrogens is 310 g/mol. The lowest BCUT2D eigenvalue weighted by Crippen LogP contribution is -2.44. The third kappa shape index (κ3) is 4.35. The van der Waals surface area contributed by atoms with E-state index in [0.29, 0.717) is 0 Å². The van der Waals surface area contributed by atoms with Crippen molar-refractivity contribution in [1.29, 1.82) is 0 Å². The Hall–Kier alpha value is -2.28. The molecule has 0 aliphatic carbocycles. The molecule has 1 aliphatic rings. The van der Waals surface area contributed by atoms with Crippen LogP contribution in [0.2, 0.25) is 0 Å². The predicted octanol–water partition coefficient (Wildman–Crippen LogP) is 2.04. The van der Waals surface area contributed by atoms with Crippen molar-refractivity contribution < 1.29 is 4.79 Å². The molecule has 0 aromatic carbocycles. The van der Waals surface area contributed by atoms with E-state index in [1.807, 2.05) is 18.4 Å². The number of hydrogen-bond donors (Lipinski definition) is 1. The van der Waals surface area contributed by atoms with Crippen molar-refractivity contribution in [3.63, 3.8) is 0 Å². The van der Waals surface area contributed by atoms with Gasteiger partial charge in [0.15, 0.2) is 0 Å².